The van der Waals surface area contributed by atoms with E-state index in [-0.39, 0.29) is 11.6 Å². The zero-order chi connectivity index (χ0) is 16.4. The topological polar surface area (TPSA) is 108 Å². The van der Waals surface area contributed by atoms with Crippen LogP contribution in [-0.4, -0.2) is 22.2 Å². The number of nitrogens with zero attached hydrogens (tertiary/aromatic N) is 4. The van der Waals surface area contributed by atoms with E-state index in [9.17, 15) is 15.8 Å². The van der Waals surface area contributed by atoms with Gasteiger partial charge in [0.05, 0.1) is 23.9 Å². The van der Waals surface area contributed by atoms with Crippen molar-refractivity contribution in [2.75, 3.05) is 11.5 Å². The number of hydrogen-bond donors (Lipinski definition) is 1. The van der Waals surface area contributed by atoms with Gasteiger partial charge in [-0.1, -0.05) is 12.1 Å². The quantitative estimate of drug-likeness (QED) is 0.800. The van der Waals surface area contributed by atoms with Gasteiger partial charge in [-0.25, -0.2) is 0 Å². The zero-order valence-electron chi connectivity index (χ0n) is 12.2. The summed E-state index contributed by atoms with van der Waals surface area (Å²) in [5, 5.41) is 37.5. The largest absolute Gasteiger partial charge is 0.305 e. The molecule has 0 unspecified atom stereocenters. The summed E-state index contributed by atoms with van der Waals surface area (Å²) in [6, 6.07) is 9.87. The van der Waals surface area contributed by atoms with Gasteiger partial charge in [-0.15, -0.1) is 0 Å². The van der Waals surface area contributed by atoms with E-state index in [1.54, 1.807) is 30.2 Å². The fourth-order valence-electron chi connectivity index (χ4n) is 3.55. The van der Waals surface area contributed by atoms with Gasteiger partial charge in [0, 0.05) is 35.7 Å². The Labute approximate surface area is 138 Å². The zero-order valence-corrected chi connectivity index (χ0v) is 13.0. The standard InChI is InChI=1S/C17H13N5S/c18-6-13-12-3-5-23-8-14(12)15(11-2-1-4-22-7-11)17(9-19,10-20)16(13)21/h1-4,7,13-15,21H,5,8H2/t13-,14-,15-/m1/s1. The fraction of sp³-hybridized carbons (Fsp3) is 0.353. The number of aromatic nitrogens is 1. The van der Waals surface area contributed by atoms with Crippen LogP contribution in [0.1, 0.15) is 11.5 Å². The predicted octanol–water partition coefficient (Wildman–Crippen LogP) is 2.66. The second-order valence-corrected chi connectivity index (χ2v) is 6.69. The number of thioether (sulfide) groups is 1. The molecule has 0 spiro atoms. The summed E-state index contributed by atoms with van der Waals surface area (Å²) in [4.78, 5) is 4.12. The lowest BCUT2D eigenvalue weighted by atomic mass is 9.55. The van der Waals surface area contributed by atoms with Crippen LogP contribution in [0, 0.1) is 56.7 Å². The molecule has 0 bridgehead atoms. The van der Waals surface area contributed by atoms with Crippen LogP contribution in [0.4, 0.5) is 0 Å². The molecule has 1 fully saturated rings. The molecular formula is C17H13N5S. The van der Waals surface area contributed by atoms with Crippen LogP contribution in [0.3, 0.4) is 0 Å². The van der Waals surface area contributed by atoms with E-state index in [0.717, 1.165) is 22.6 Å². The van der Waals surface area contributed by atoms with Gasteiger partial charge in [0.2, 0.25) is 0 Å². The van der Waals surface area contributed by atoms with Gasteiger partial charge in [0.15, 0.2) is 5.41 Å². The van der Waals surface area contributed by atoms with Crippen molar-refractivity contribution in [3.05, 3.63) is 41.7 Å². The fourth-order valence-corrected chi connectivity index (χ4v) is 4.63. The van der Waals surface area contributed by atoms with Crippen molar-refractivity contribution in [2.45, 2.75) is 5.92 Å². The van der Waals surface area contributed by atoms with Gasteiger partial charge >= 0.3 is 0 Å². The van der Waals surface area contributed by atoms with Crippen LogP contribution >= 0.6 is 11.8 Å². The van der Waals surface area contributed by atoms with E-state index in [1.165, 1.54) is 0 Å². The van der Waals surface area contributed by atoms with Gasteiger partial charge in [0.25, 0.3) is 0 Å². The van der Waals surface area contributed by atoms with Gasteiger partial charge in [0.1, 0.15) is 5.92 Å². The number of allylic oxidation sites excluding steroid dienone is 1. The smallest absolute Gasteiger partial charge is 0.189 e. The molecule has 0 saturated heterocycles. The number of pyridine rings is 1. The Morgan fingerprint density at radius 1 is 1.30 bits per heavy atom. The molecule has 23 heavy (non-hydrogen) atoms. The van der Waals surface area contributed by atoms with E-state index in [4.69, 9.17) is 5.41 Å². The number of hydrogen-bond acceptors (Lipinski definition) is 6. The highest BCUT2D eigenvalue weighted by Gasteiger charge is 2.57. The lowest BCUT2D eigenvalue weighted by Gasteiger charge is -2.45. The van der Waals surface area contributed by atoms with Crippen molar-refractivity contribution in [3.8, 4) is 18.2 Å². The summed E-state index contributed by atoms with van der Waals surface area (Å²) < 4.78 is 0. The molecule has 0 amide bonds. The Balaban J connectivity index is 2.26. The minimum atomic E-state index is -1.62. The molecule has 0 aromatic carbocycles. The van der Waals surface area contributed by atoms with E-state index in [1.807, 2.05) is 12.1 Å². The molecule has 1 aliphatic carbocycles. The van der Waals surface area contributed by atoms with Crippen LogP contribution < -0.4 is 0 Å². The molecular weight excluding hydrogens is 306 g/mol. The highest BCUT2D eigenvalue weighted by molar-refractivity contribution is 7.99. The second-order valence-electron chi connectivity index (χ2n) is 5.62. The summed E-state index contributed by atoms with van der Waals surface area (Å²) in [6.45, 7) is 0. The second kappa shape index (κ2) is 5.88. The van der Waals surface area contributed by atoms with Crippen LogP contribution in [0.2, 0.25) is 0 Å². The maximum absolute atomic E-state index is 9.78. The molecule has 1 aromatic rings. The number of nitriles is 3. The number of rotatable bonds is 1. The Morgan fingerprint density at radius 2 is 2.09 bits per heavy atom. The summed E-state index contributed by atoms with van der Waals surface area (Å²) in [5.74, 6) is 0.178. The van der Waals surface area contributed by atoms with Crippen molar-refractivity contribution in [1.29, 1.82) is 21.2 Å². The minimum absolute atomic E-state index is 0.101. The maximum atomic E-state index is 9.78. The molecule has 3 atom stereocenters. The molecule has 6 heteroatoms. The first-order chi connectivity index (χ1) is 11.2. The van der Waals surface area contributed by atoms with Gasteiger partial charge in [-0.05, 0) is 17.2 Å². The van der Waals surface area contributed by atoms with E-state index < -0.39 is 17.3 Å². The normalized spacial score (nSPS) is 28.5. The average Bonchev–Trinajstić information content (AvgIpc) is 2.61. The average molecular weight is 319 g/mol. The monoisotopic (exact) mass is 319 g/mol. The third kappa shape index (κ3) is 2.13. The molecule has 1 saturated carbocycles. The summed E-state index contributed by atoms with van der Waals surface area (Å²) in [6.07, 6.45) is 5.29. The van der Waals surface area contributed by atoms with Crippen LogP contribution in [-0.2, 0) is 0 Å². The van der Waals surface area contributed by atoms with Crippen molar-refractivity contribution < 1.29 is 0 Å². The third-order valence-electron chi connectivity index (χ3n) is 4.60. The van der Waals surface area contributed by atoms with Crippen LogP contribution in [0.15, 0.2) is 36.2 Å². The molecule has 3 rings (SSSR count). The highest BCUT2D eigenvalue weighted by Crippen LogP contribution is 2.54. The van der Waals surface area contributed by atoms with E-state index in [2.05, 4.69) is 23.2 Å². The van der Waals surface area contributed by atoms with Crippen molar-refractivity contribution in [2.24, 2.45) is 17.3 Å². The minimum Gasteiger partial charge on any atom is -0.305 e. The summed E-state index contributed by atoms with van der Waals surface area (Å²) in [7, 11) is 0. The third-order valence-corrected chi connectivity index (χ3v) is 5.60. The molecule has 112 valence electrons. The SMILES string of the molecule is N#C[C@H]1C(=N)C(C#N)(C#N)[C@H](c2cccnc2)[C@@H]2CSCC=C12. The Kier molecular flexibility index (Phi) is 3.90. The Hall–Kier alpha value is -2.62. The van der Waals surface area contributed by atoms with Crippen molar-refractivity contribution in [1.82, 2.24) is 4.98 Å². The van der Waals surface area contributed by atoms with Crippen molar-refractivity contribution in [3.63, 3.8) is 0 Å². The Bertz CT molecular complexity index is 779. The maximum Gasteiger partial charge on any atom is 0.189 e. The van der Waals surface area contributed by atoms with Gasteiger partial charge < -0.3 is 5.41 Å². The van der Waals surface area contributed by atoms with E-state index in [0.29, 0.717) is 0 Å². The van der Waals surface area contributed by atoms with Gasteiger partial charge in [-0.2, -0.15) is 27.5 Å². The lowest BCUT2D eigenvalue weighted by Crippen LogP contribution is -2.49. The van der Waals surface area contributed by atoms with Crippen LogP contribution in [0.25, 0.3) is 0 Å². The first-order valence-electron chi connectivity index (χ1n) is 7.18. The molecule has 2 heterocycles. The highest BCUT2D eigenvalue weighted by atomic mass is 32.2. The first kappa shape index (κ1) is 15.3. The van der Waals surface area contributed by atoms with E-state index >= 15 is 0 Å². The summed E-state index contributed by atoms with van der Waals surface area (Å²) in [5.41, 5.74) is -0.0711. The molecule has 1 aliphatic heterocycles. The molecule has 5 nitrogen and oxygen atoms in total. The molecule has 0 radical (unpaired) electrons. The number of fused-ring (bicyclic) bond motifs is 1. The Morgan fingerprint density at radius 3 is 2.70 bits per heavy atom. The summed E-state index contributed by atoms with van der Waals surface area (Å²) >= 11 is 1.72. The van der Waals surface area contributed by atoms with Gasteiger partial charge in [-0.3, -0.25) is 4.98 Å². The lowest BCUT2D eigenvalue weighted by molar-refractivity contribution is 0.378. The first-order valence-corrected chi connectivity index (χ1v) is 8.33. The predicted molar refractivity (Wildman–Crippen MR) is 86.4 cm³/mol. The molecule has 1 N–H and O–H groups in total. The number of nitrogens with one attached hydrogen (secondary N) is 1. The van der Waals surface area contributed by atoms with Crippen LogP contribution in [0.5, 0.6) is 0 Å². The molecule has 1 aromatic heterocycles. The van der Waals surface area contributed by atoms with Crippen molar-refractivity contribution >= 4 is 17.5 Å². The molecule has 2 aliphatic rings.